The highest BCUT2D eigenvalue weighted by molar-refractivity contribution is 7.99. The van der Waals surface area contributed by atoms with E-state index >= 15 is 0 Å². The molecular weight excluding hydrogens is 310 g/mol. The molecule has 0 aliphatic heterocycles. The SMILES string of the molecule is Cc1[nH]c2ccccc2c1C(=O)CSc1nc2ncccn2n1. The van der Waals surface area contributed by atoms with Crippen LogP contribution >= 0.6 is 11.8 Å². The molecule has 114 valence electrons. The maximum Gasteiger partial charge on any atom is 0.253 e. The molecule has 0 fully saturated rings. The van der Waals surface area contributed by atoms with Crippen molar-refractivity contribution in [2.24, 2.45) is 0 Å². The molecule has 4 rings (SSSR count). The third-order valence-corrected chi connectivity index (χ3v) is 4.44. The van der Waals surface area contributed by atoms with Gasteiger partial charge in [0, 0.05) is 34.6 Å². The van der Waals surface area contributed by atoms with Crippen LogP contribution in [0.5, 0.6) is 0 Å². The number of ketones is 1. The third-order valence-electron chi connectivity index (χ3n) is 3.60. The zero-order valence-electron chi connectivity index (χ0n) is 12.4. The molecule has 1 N–H and O–H groups in total. The van der Waals surface area contributed by atoms with Crippen LogP contribution in [0.25, 0.3) is 16.7 Å². The Morgan fingerprint density at radius 3 is 3.04 bits per heavy atom. The summed E-state index contributed by atoms with van der Waals surface area (Å²) in [5, 5.41) is 5.81. The maximum atomic E-state index is 12.6. The summed E-state index contributed by atoms with van der Waals surface area (Å²) in [5.41, 5.74) is 2.62. The normalized spacial score (nSPS) is 11.3. The Kier molecular flexibility index (Phi) is 3.34. The smallest absolute Gasteiger partial charge is 0.253 e. The van der Waals surface area contributed by atoms with E-state index in [1.807, 2.05) is 31.2 Å². The molecule has 4 aromatic rings. The average Bonchev–Trinajstić information content (AvgIpc) is 3.12. The third kappa shape index (κ3) is 2.49. The molecule has 0 aliphatic carbocycles. The number of hydrogen-bond donors (Lipinski definition) is 1. The summed E-state index contributed by atoms with van der Waals surface area (Å²) in [6.07, 6.45) is 3.45. The maximum absolute atomic E-state index is 12.6. The van der Waals surface area contributed by atoms with E-state index < -0.39 is 0 Å². The summed E-state index contributed by atoms with van der Waals surface area (Å²) in [4.78, 5) is 24.3. The lowest BCUT2D eigenvalue weighted by Crippen LogP contribution is -2.03. The van der Waals surface area contributed by atoms with Crippen molar-refractivity contribution >= 4 is 34.2 Å². The van der Waals surface area contributed by atoms with Gasteiger partial charge in [0.2, 0.25) is 5.16 Å². The number of carbonyl (C=O) groups excluding carboxylic acids is 1. The van der Waals surface area contributed by atoms with Crippen LogP contribution in [0.4, 0.5) is 0 Å². The number of aryl methyl sites for hydroxylation is 1. The first-order chi connectivity index (χ1) is 11.2. The summed E-state index contributed by atoms with van der Waals surface area (Å²) in [6, 6.07) is 9.62. The Hall–Kier alpha value is -2.67. The lowest BCUT2D eigenvalue weighted by atomic mass is 10.1. The van der Waals surface area contributed by atoms with Gasteiger partial charge in [0.15, 0.2) is 5.78 Å². The van der Waals surface area contributed by atoms with Crippen LogP contribution in [-0.4, -0.2) is 36.1 Å². The van der Waals surface area contributed by atoms with E-state index in [0.717, 1.165) is 22.2 Å². The standard InChI is InChI=1S/C16H13N5OS/c1-10-14(11-5-2-3-6-12(11)18-10)13(22)9-23-16-19-15-17-7-4-8-21(15)20-16/h2-8,18H,9H2,1H3. The second-order valence-electron chi connectivity index (χ2n) is 5.14. The number of carbonyl (C=O) groups is 1. The molecule has 7 heteroatoms. The quantitative estimate of drug-likeness (QED) is 0.461. The van der Waals surface area contributed by atoms with Crippen LogP contribution in [-0.2, 0) is 0 Å². The molecule has 0 spiro atoms. The van der Waals surface area contributed by atoms with Crippen molar-refractivity contribution < 1.29 is 4.79 Å². The van der Waals surface area contributed by atoms with E-state index in [2.05, 4.69) is 20.1 Å². The van der Waals surface area contributed by atoms with E-state index in [1.54, 1.807) is 23.0 Å². The predicted octanol–water partition coefficient (Wildman–Crippen LogP) is 2.89. The van der Waals surface area contributed by atoms with Gasteiger partial charge in [-0.25, -0.2) is 9.50 Å². The van der Waals surface area contributed by atoms with Crippen LogP contribution in [0.2, 0.25) is 0 Å². The highest BCUT2D eigenvalue weighted by Crippen LogP contribution is 2.24. The fourth-order valence-corrected chi connectivity index (χ4v) is 3.31. The number of rotatable bonds is 4. The van der Waals surface area contributed by atoms with E-state index in [-0.39, 0.29) is 5.78 Å². The fourth-order valence-electron chi connectivity index (χ4n) is 2.61. The number of aromatic nitrogens is 5. The Morgan fingerprint density at radius 2 is 2.17 bits per heavy atom. The number of hydrogen-bond acceptors (Lipinski definition) is 5. The van der Waals surface area contributed by atoms with Gasteiger partial charge >= 0.3 is 0 Å². The van der Waals surface area contributed by atoms with Crippen molar-refractivity contribution in [3.05, 3.63) is 54.0 Å². The first kappa shape index (κ1) is 14.0. The number of thioether (sulfide) groups is 1. The van der Waals surface area contributed by atoms with Gasteiger partial charge in [-0.2, -0.15) is 4.98 Å². The first-order valence-electron chi connectivity index (χ1n) is 7.13. The van der Waals surface area contributed by atoms with Gasteiger partial charge in [0.05, 0.1) is 5.75 Å². The van der Waals surface area contributed by atoms with Gasteiger partial charge in [-0.3, -0.25) is 4.79 Å². The van der Waals surface area contributed by atoms with Crippen molar-refractivity contribution in [2.75, 3.05) is 5.75 Å². The number of para-hydroxylation sites is 1. The summed E-state index contributed by atoms with van der Waals surface area (Å²) in [6.45, 7) is 1.92. The number of Topliss-reactive ketones (excluding diaryl/α,β-unsaturated/α-hetero) is 1. The number of fused-ring (bicyclic) bond motifs is 2. The van der Waals surface area contributed by atoms with Gasteiger partial charge in [-0.15, -0.1) is 5.10 Å². The zero-order chi connectivity index (χ0) is 15.8. The second kappa shape index (κ2) is 5.51. The number of benzene rings is 1. The number of nitrogens with zero attached hydrogens (tertiary/aromatic N) is 4. The Bertz CT molecular complexity index is 987. The van der Waals surface area contributed by atoms with Crippen LogP contribution < -0.4 is 0 Å². The second-order valence-corrected chi connectivity index (χ2v) is 6.08. The summed E-state index contributed by atoms with van der Waals surface area (Å²) >= 11 is 1.32. The van der Waals surface area contributed by atoms with E-state index in [1.165, 1.54) is 11.8 Å². The first-order valence-corrected chi connectivity index (χ1v) is 8.11. The van der Waals surface area contributed by atoms with Gasteiger partial charge in [0.1, 0.15) is 0 Å². The van der Waals surface area contributed by atoms with Gasteiger partial charge in [-0.1, -0.05) is 30.0 Å². The minimum Gasteiger partial charge on any atom is -0.358 e. The van der Waals surface area contributed by atoms with E-state index in [4.69, 9.17) is 0 Å². The number of H-pyrrole nitrogens is 1. The number of aromatic amines is 1. The average molecular weight is 323 g/mol. The van der Waals surface area contributed by atoms with E-state index in [0.29, 0.717) is 16.7 Å². The van der Waals surface area contributed by atoms with Crippen LogP contribution in [0.3, 0.4) is 0 Å². The lowest BCUT2D eigenvalue weighted by molar-refractivity contribution is 0.102. The molecule has 23 heavy (non-hydrogen) atoms. The van der Waals surface area contributed by atoms with Crippen molar-refractivity contribution in [1.82, 2.24) is 24.6 Å². The molecule has 3 heterocycles. The molecule has 0 radical (unpaired) electrons. The van der Waals surface area contributed by atoms with Crippen LogP contribution in [0, 0.1) is 6.92 Å². The van der Waals surface area contributed by atoms with E-state index in [9.17, 15) is 4.79 Å². The van der Waals surface area contributed by atoms with Crippen LogP contribution in [0.1, 0.15) is 16.1 Å². The van der Waals surface area contributed by atoms with Gasteiger partial charge < -0.3 is 4.98 Å². The summed E-state index contributed by atoms with van der Waals surface area (Å²) < 4.78 is 1.60. The molecular formula is C16H13N5OS. The van der Waals surface area contributed by atoms with Gasteiger partial charge in [-0.05, 0) is 19.1 Å². The molecule has 0 aliphatic rings. The number of nitrogens with one attached hydrogen (secondary N) is 1. The topological polar surface area (TPSA) is 75.9 Å². The summed E-state index contributed by atoms with van der Waals surface area (Å²) in [7, 11) is 0. The van der Waals surface area contributed by atoms with Crippen LogP contribution in [0.15, 0.2) is 47.9 Å². The van der Waals surface area contributed by atoms with Gasteiger partial charge in [0.25, 0.3) is 5.78 Å². The molecule has 0 saturated carbocycles. The molecule has 0 unspecified atom stereocenters. The molecule has 1 aromatic carbocycles. The molecule has 0 bridgehead atoms. The molecule has 0 saturated heterocycles. The minimum atomic E-state index is 0.0664. The fraction of sp³-hybridized carbons (Fsp3) is 0.125. The van der Waals surface area contributed by atoms with Crippen molar-refractivity contribution in [2.45, 2.75) is 12.1 Å². The Labute approximate surface area is 136 Å². The largest absolute Gasteiger partial charge is 0.358 e. The van der Waals surface area contributed by atoms with Crippen molar-refractivity contribution in [3.63, 3.8) is 0 Å². The molecule has 6 nitrogen and oxygen atoms in total. The Morgan fingerprint density at radius 1 is 1.30 bits per heavy atom. The predicted molar refractivity (Wildman–Crippen MR) is 88.9 cm³/mol. The molecule has 0 atom stereocenters. The minimum absolute atomic E-state index is 0.0664. The van der Waals surface area contributed by atoms with Crippen molar-refractivity contribution in [1.29, 1.82) is 0 Å². The Balaban J connectivity index is 1.58. The zero-order valence-corrected chi connectivity index (χ0v) is 13.2. The highest BCUT2D eigenvalue weighted by atomic mass is 32.2. The molecule has 0 amide bonds. The summed E-state index contributed by atoms with van der Waals surface area (Å²) in [5.74, 6) is 0.891. The van der Waals surface area contributed by atoms with Crippen molar-refractivity contribution in [3.8, 4) is 0 Å². The highest BCUT2D eigenvalue weighted by Gasteiger charge is 2.17. The lowest BCUT2D eigenvalue weighted by Gasteiger charge is -1.99. The monoisotopic (exact) mass is 323 g/mol. The molecule has 3 aromatic heterocycles.